The highest BCUT2D eigenvalue weighted by Gasteiger charge is 2.19. The predicted octanol–water partition coefficient (Wildman–Crippen LogP) is 4.24. The van der Waals surface area contributed by atoms with Crippen molar-refractivity contribution < 1.29 is 4.79 Å². The number of nitrogens with one attached hydrogen (secondary N) is 1. The quantitative estimate of drug-likeness (QED) is 0.559. The molecule has 136 valence electrons. The van der Waals surface area contributed by atoms with Crippen molar-refractivity contribution in [1.29, 1.82) is 0 Å². The second-order valence-corrected chi connectivity index (χ2v) is 7.58. The van der Waals surface area contributed by atoms with E-state index in [0.717, 1.165) is 26.4 Å². The molecule has 0 bridgehead atoms. The average molecular weight is 398 g/mol. The monoisotopic (exact) mass is 397 g/mol. The maximum absolute atomic E-state index is 12.7. The highest BCUT2D eigenvalue weighted by molar-refractivity contribution is 7.22. The second-order valence-electron chi connectivity index (χ2n) is 6.12. The predicted molar refractivity (Wildman–Crippen MR) is 107 cm³/mol. The lowest BCUT2D eigenvalue weighted by atomic mass is 10.1. The molecule has 0 aliphatic rings. The van der Waals surface area contributed by atoms with Crippen molar-refractivity contribution in [1.82, 2.24) is 24.8 Å². The number of fused-ring (bicyclic) bond motifs is 1. The first-order valence-electron chi connectivity index (χ1n) is 8.31. The van der Waals surface area contributed by atoms with Crippen molar-refractivity contribution in [2.24, 2.45) is 7.05 Å². The lowest BCUT2D eigenvalue weighted by Crippen LogP contribution is -2.29. The molecule has 0 saturated heterocycles. The van der Waals surface area contributed by atoms with Gasteiger partial charge in [-0.3, -0.25) is 14.8 Å². The Labute approximate surface area is 164 Å². The van der Waals surface area contributed by atoms with E-state index in [0.29, 0.717) is 10.8 Å². The van der Waals surface area contributed by atoms with Gasteiger partial charge in [-0.2, -0.15) is 0 Å². The smallest absolute Gasteiger partial charge is 0.287 e. The van der Waals surface area contributed by atoms with Crippen LogP contribution in [0.25, 0.3) is 20.8 Å². The third-order valence-corrected chi connectivity index (χ3v) is 5.97. The van der Waals surface area contributed by atoms with Crippen LogP contribution in [-0.4, -0.2) is 25.4 Å². The molecule has 1 atom stereocenters. The number of pyridine rings is 2. The first kappa shape index (κ1) is 17.6. The average Bonchev–Trinajstić information content (AvgIpc) is 3.26. The molecule has 0 fully saturated rings. The molecule has 4 aromatic heterocycles. The molecule has 0 radical (unpaired) electrons. The fourth-order valence-electron chi connectivity index (χ4n) is 2.88. The molecule has 8 heteroatoms. The molecule has 0 aliphatic carbocycles. The Morgan fingerprint density at radius 2 is 2.00 bits per heavy atom. The molecule has 1 amide bonds. The molecular formula is C19H16ClN5OS. The molecular weight excluding hydrogens is 382 g/mol. The topological polar surface area (TPSA) is 72.7 Å². The van der Waals surface area contributed by atoms with E-state index in [1.807, 2.05) is 32.2 Å². The zero-order valence-corrected chi connectivity index (χ0v) is 16.3. The van der Waals surface area contributed by atoms with E-state index >= 15 is 0 Å². The van der Waals surface area contributed by atoms with Gasteiger partial charge >= 0.3 is 0 Å². The number of rotatable bonds is 4. The highest BCUT2D eigenvalue weighted by Crippen LogP contribution is 2.36. The summed E-state index contributed by atoms with van der Waals surface area (Å²) in [6.07, 6.45) is 6.80. The van der Waals surface area contributed by atoms with E-state index in [1.165, 1.54) is 11.3 Å². The zero-order valence-electron chi connectivity index (χ0n) is 14.7. The van der Waals surface area contributed by atoms with Crippen molar-refractivity contribution in [3.8, 4) is 10.6 Å². The van der Waals surface area contributed by atoms with Crippen LogP contribution in [0, 0.1) is 0 Å². The zero-order chi connectivity index (χ0) is 19.0. The van der Waals surface area contributed by atoms with Crippen molar-refractivity contribution >= 4 is 39.1 Å². The van der Waals surface area contributed by atoms with Crippen molar-refractivity contribution in [3.05, 3.63) is 65.5 Å². The molecule has 4 aromatic rings. The van der Waals surface area contributed by atoms with Crippen LogP contribution in [-0.2, 0) is 7.05 Å². The third-order valence-electron chi connectivity index (χ3n) is 4.36. The van der Waals surface area contributed by atoms with Crippen LogP contribution in [0.4, 0.5) is 0 Å². The Bertz CT molecular complexity index is 1120. The van der Waals surface area contributed by atoms with Crippen LogP contribution >= 0.6 is 22.9 Å². The van der Waals surface area contributed by atoms with Gasteiger partial charge in [-0.05, 0) is 36.8 Å². The van der Waals surface area contributed by atoms with Gasteiger partial charge in [0.2, 0.25) is 0 Å². The van der Waals surface area contributed by atoms with E-state index in [2.05, 4.69) is 20.3 Å². The first-order chi connectivity index (χ1) is 13.0. The second kappa shape index (κ2) is 7.09. The number of amides is 1. The number of hydrogen-bond acceptors (Lipinski definition) is 5. The van der Waals surface area contributed by atoms with Gasteiger partial charge in [-0.1, -0.05) is 11.6 Å². The van der Waals surface area contributed by atoms with Crippen LogP contribution < -0.4 is 5.32 Å². The molecule has 1 unspecified atom stereocenters. The Morgan fingerprint density at radius 3 is 2.74 bits per heavy atom. The van der Waals surface area contributed by atoms with Gasteiger partial charge in [0, 0.05) is 25.6 Å². The van der Waals surface area contributed by atoms with Crippen LogP contribution in [0.2, 0.25) is 5.02 Å². The largest absolute Gasteiger partial charge is 0.343 e. The number of carbonyl (C=O) groups excluding carboxylic acids is 1. The number of nitrogens with zero attached hydrogens (tertiary/aromatic N) is 4. The maximum Gasteiger partial charge on any atom is 0.287 e. The normalized spacial score (nSPS) is 12.3. The van der Waals surface area contributed by atoms with E-state index < -0.39 is 0 Å². The fraction of sp³-hybridized carbons (Fsp3) is 0.158. The maximum atomic E-state index is 12.7. The van der Waals surface area contributed by atoms with Crippen LogP contribution in [0.5, 0.6) is 0 Å². The van der Waals surface area contributed by atoms with Crippen LogP contribution in [0.15, 0.2) is 49.1 Å². The molecule has 0 saturated carbocycles. The summed E-state index contributed by atoms with van der Waals surface area (Å²) >= 11 is 7.78. The van der Waals surface area contributed by atoms with E-state index in [-0.39, 0.29) is 11.9 Å². The number of imidazole rings is 1. The lowest BCUT2D eigenvalue weighted by molar-refractivity contribution is 0.0926. The minimum absolute atomic E-state index is 0.145. The molecule has 0 aliphatic heterocycles. The fourth-order valence-corrected chi connectivity index (χ4v) is 4.21. The Kier molecular flexibility index (Phi) is 4.63. The molecule has 6 nitrogen and oxygen atoms in total. The van der Waals surface area contributed by atoms with Gasteiger partial charge in [-0.25, -0.2) is 4.98 Å². The highest BCUT2D eigenvalue weighted by atomic mass is 35.5. The number of hydrogen-bond donors (Lipinski definition) is 1. The van der Waals surface area contributed by atoms with Crippen molar-refractivity contribution in [2.75, 3.05) is 0 Å². The first-order valence-corrected chi connectivity index (χ1v) is 9.51. The van der Waals surface area contributed by atoms with E-state index in [9.17, 15) is 4.79 Å². The van der Waals surface area contributed by atoms with E-state index in [4.69, 9.17) is 11.6 Å². The van der Waals surface area contributed by atoms with Gasteiger partial charge in [0.25, 0.3) is 5.91 Å². The van der Waals surface area contributed by atoms with Gasteiger partial charge in [0.05, 0.1) is 38.0 Å². The molecule has 4 rings (SSSR count). The summed E-state index contributed by atoms with van der Waals surface area (Å²) in [6, 6.07) is 7.34. The number of aromatic nitrogens is 4. The number of carbonyl (C=O) groups is 1. The molecule has 27 heavy (non-hydrogen) atoms. The Morgan fingerprint density at radius 1 is 1.22 bits per heavy atom. The Hall–Kier alpha value is -2.77. The van der Waals surface area contributed by atoms with Crippen LogP contribution in [0.3, 0.4) is 0 Å². The number of halogens is 1. The third kappa shape index (κ3) is 3.31. The summed E-state index contributed by atoms with van der Waals surface area (Å²) in [5.41, 5.74) is 2.66. The lowest BCUT2D eigenvalue weighted by Gasteiger charge is -2.14. The molecule has 0 aromatic carbocycles. The van der Waals surface area contributed by atoms with Gasteiger partial charge < -0.3 is 9.88 Å². The SMILES string of the molecule is CC(NC(=O)c1ncc(-c2cc3nccc(Cl)c3s2)n1C)c1ccncc1. The Balaban J connectivity index is 1.61. The van der Waals surface area contributed by atoms with E-state index in [1.54, 1.807) is 35.4 Å². The summed E-state index contributed by atoms with van der Waals surface area (Å²) in [5.74, 6) is 0.118. The van der Waals surface area contributed by atoms with Crippen molar-refractivity contribution in [2.45, 2.75) is 13.0 Å². The summed E-state index contributed by atoms with van der Waals surface area (Å²) in [6.45, 7) is 1.93. The van der Waals surface area contributed by atoms with Gasteiger partial charge in [0.15, 0.2) is 5.82 Å². The summed E-state index contributed by atoms with van der Waals surface area (Å²) < 4.78 is 2.71. The van der Waals surface area contributed by atoms with Gasteiger partial charge in [-0.15, -0.1) is 11.3 Å². The standard InChI is InChI=1S/C19H16ClN5OS/c1-11(12-3-6-21-7-4-12)24-19(26)18-23-10-15(25(18)2)16-9-14-17(27-16)13(20)5-8-22-14/h3-11H,1-2H3,(H,24,26). The molecule has 1 N–H and O–H groups in total. The van der Waals surface area contributed by atoms with Crippen molar-refractivity contribution in [3.63, 3.8) is 0 Å². The number of thiophene rings is 1. The summed E-state index contributed by atoms with van der Waals surface area (Å²) in [5, 5.41) is 3.64. The van der Waals surface area contributed by atoms with Crippen LogP contribution in [0.1, 0.15) is 29.1 Å². The van der Waals surface area contributed by atoms with Gasteiger partial charge in [0.1, 0.15) is 0 Å². The summed E-state index contributed by atoms with van der Waals surface area (Å²) in [7, 11) is 1.83. The minimum atomic E-state index is -0.231. The molecule has 4 heterocycles. The minimum Gasteiger partial charge on any atom is -0.343 e. The summed E-state index contributed by atoms with van der Waals surface area (Å²) in [4.78, 5) is 26.3. The molecule has 0 spiro atoms.